The molecule has 0 saturated heterocycles. The molecule has 1 nitrogen and oxygen atoms in total. The van der Waals surface area contributed by atoms with E-state index in [1.807, 2.05) is 18.2 Å². The van der Waals surface area contributed by atoms with E-state index in [1.165, 1.54) is 63.0 Å². The van der Waals surface area contributed by atoms with E-state index in [0.29, 0.717) is 16.7 Å². The first kappa shape index (κ1) is 24.6. The molecule has 0 amide bonds. The number of allylic oxidation sites excluding steroid dienone is 1. The second-order valence-electron chi connectivity index (χ2n) is 8.76. The van der Waals surface area contributed by atoms with Crippen LogP contribution in [0.2, 0.25) is 5.02 Å². The molecule has 1 aliphatic carbocycles. The number of aryl methyl sites for hydroxylation is 1. The van der Waals surface area contributed by atoms with Gasteiger partial charge in [-0.25, -0.2) is 4.39 Å². The van der Waals surface area contributed by atoms with E-state index in [4.69, 9.17) is 16.3 Å². The molecule has 2 aromatic rings. The first-order chi connectivity index (χ1) is 15.6. The maximum atomic E-state index is 13.8. The summed E-state index contributed by atoms with van der Waals surface area (Å²) in [6.45, 7) is 4.68. The fourth-order valence-electron chi connectivity index (χ4n) is 4.26. The summed E-state index contributed by atoms with van der Waals surface area (Å²) >= 11 is 5.79. The lowest BCUT2D eigenvalue weighted by Crippen LogP contribution is -2.22. The Morgan fingerprint density at radius 1 is 1.00 bits per heavy atom. The highest BCUT2D eigenvalue weighted by Crippen LogP contribution is 2.29. The van der Waals surface area contributed by atoms with Crippen LogP contribution in [0.4, 0.5) is 4.39 Å². The minimum atomic E-state index is -0.384. The van der Waals surface area contributed by atoms with Gasteiger partial charge in [-0.2, -0.15) is 0 Å². The third kappa shape index (κ3) is 8.45. The highest BCUT2D eigenvalue weighted by molar-refractivity contribution is 6.30. The van der Waals surface area contributed by atoms with Crippen molar-refractivity contribution in [1.29, 1.82) is 0 Å². The molecule has 32 heavy (non-hydrogen) atoms. The van der Waals surface area contributed by atoms with Crippen LogP contribution in [0.25, 0.3) is 0 Å². The Morgan fingerprint density at radius 3 is 2.50 bits per heavy atom. The second-order valence-corrected chi connectivity index (χ2v) is 9.20. The zero-order valence-electron chi connectivity index (χ0n) is 18.9. The predicted octanol–water partition coefficient (Wildman–Crippen LogP) is 8.13. The summed E-state index contributed by atoms with van der Waals surface area (Å²) in [5, 5.41) is 0.383. The molecule has 0 heterocycles. The van der Waals surface area contributed by atoms with Crippen molar-refractivity contribution >= 4 is 11.6 Å². The number of benzene rings is 2. The lowest BCUT2D eigenvalue weighted by molar-refractivity contribution is 0.0154. The summed E-state index contributed by atoms with van der Waals surface area (Å²) in [5.74, 6) is 6.35. The zero-order valence-corrected chi connectivity index (χ0v) is 19.7. The summed E-state index contributed by atoms with van der Waals surface area (Å²) in [6, 6.07) is 12.9. The van der Waals surface area contributed by atoms with E-state index in [9.17, 15) is 4.39 Å². The van der Waals surface area contributed by atoms with Crippen LogP contribution in [0.1, 0.15) is 74.5 Å². The molecular weight excluding hydrogens is 419 g/mol. The van der Waals surface area contributed by atoms with Crippen molar-refractivity contribution < 1.29 is 9.13 Å². The van der Waals surface area contributed by atoms with Crippen LogP contribution in [0.5, 0.6) is 0 Å². The molecule has 0 aromatic heterocycles. The van der Waals surface area contributed by atoms with Crippen LogP contribution in [0.15, 0.2) is 55.1 Å². The maximum absolute atomic E-state index is 13.8. The van der Waals surface area contributed by atoms with Gasteiger partial charge in [0.25, 0.3) is 0 Å². The Hall–Kier alpha value is -2.08. The minimum Gasteiger partial charge on any atom is -0.378 e. The van der Waals surface area contributed by atoms with Gasteiger partial charge in [0, 0.05) is 17.2 Å². The predicted molar refractivity (Wildman–Crippen MR) is 133 cm³/mol. The van der Waals surface area contributed by atoms with Crippen molar-refractivity contribution in [2.75, 3.05) is 6.61 Å². The lowest BCUT2D eigenvalue weighted by atomic mass is 9.83. The van der Waals surface area contributed by atoms with Crippen LogP contribution < -0.4 is 0 Å². The molecule has 1 saturated carbocycles. The van der Waals surface area contributed by atoms with Crippen molar-refractivity contribution in [1.82, 2.24) is 0 Å². The smallest absolute Gasteiger partial charge is 0.140 e. The Bertz CT molecular complexity index is 901. The van der Waals surface area contributed by atoms with Crippen LogP contribution in [0.3, 0.4) is 0 Å². The maximum Gasteiger partial charge on any atom is 0.140 e. The lowest BCUT2D eigenvalue weighted by Gasteiger charge is -2.28. The van der Waals surface area contributed by atoms with Gasteiger partial charge in [0.05, 0.1) is 11.7 Å². The molecule has 3 heteroatoms. The summed E-state index contributed by atoms with van der Waals surface area (Å²) in [6.07, 6.45) is 14.5. The minimum absolute atomic E-state index is 0.366. The molecule has 1 fully saturated rings. The van der Waals surface area contributed by atoms with Gasteiger partial charge in [0.15, 0.2) is 0 Å². The van der Waals surface area contributed by atoms with E-state index in [2.05, 4.69) is 30.6 Å². The number of halogens is 2. The van der Waals surface area contributed by atoms with Crippen LogP contribution in [0, 0.1) is 23.6 Å². The SMILES string of the molecule is C=CCCCCCOC1CCC(CCc2ccc(C#Cc3ccc(Cl)cc3F)cc2)CC1. The van der Waals surface area contributed by atoms with Gasteiger partial charge in [0.1, 0.15) is 5.82 Å². The van der Waals surface area contributed by atoms with E-state index in [0.717, 1.165) is 30.9 Å². The van der Waals surface area contributed by atoms with Crippen molar-refractivity contribution in [2.24, 2.45) is 5.92 Å². The third-order valence-electron chi connectivity index (χ3n) is 6.27. The summed E-state index contributed by atoms with van der Waals surface area (Å²) in [5.41, 5.74) is 2.60. The molecule has 0 bridgehead atoms. The standard InChI is InChI=1S/C29H34ClFO/c1-2-3-4-5-6-21-32-28-19-14-25(15-20-28)12-9-23-7-10-24(11-8-23)13-16-26-17-18-27(30)22-29(26)31/h2,7-8,10-11,17-18,22,25,28H,1,3-6,9,12,14-15,19-21H2. The monoisotopic (exact) mass is 452 g/mol. The highest BCUT2D eigenvalue weighted by Gasteiger charge is 2.21. The van der Waals surface area contributed by atoms with Crippen LogP contribution in [-0.4, -0.2) is 12.7 Å². The van der Waals surface area contributed by atoms with Gasteiger partial charge in [0.2, 0.25) is 0 Å². The molecule has 170 valence electrons. The van der Waals surface area contributed by atoms with Crippen LogP contribution >= 0.6 is 11.6 Å². The van der Waals surface area contributed by atoms with Gasteiger partial charge in [-0.15, -0.1) is 6.58 Å². The average Bonchev–Trinajstić information content (AvgIpc) is 2.81. The summed E-state index contributed by atoms with van der Waals surface area (Å²) in [4.78, 5) is 0. The van der Waals surface area contributed by atoms with E-state index in [-0.39, 0.29) is 5.82 Å². The zero-order chi connectivity index (χ0) is 22.6. The molecule has 0 radical (unpaired) electrons. The fraction of sp³-hybridized carbons (Fsp3) is 0.448. The van der Waals surface area contributed by atoms with E-state index < -0.39 is 0 Å². The molecule has 0 N–H and O–H groups in total. The molecule has 0 aliphatic heterocycles. The number of rotatable bonds is 10. The fourth-order valence-corrected chi connectivity index (χ4v) is 4.42. The topological polar surface area (TPSA) is 9.23 Å². The number of ether oxygens (including phenoxy) is 1. The number of hydrogen-bond acceptors (Lipinski definition) is 1. The Morgan fingerprint density at radius 2 is 1.78 bits per heavy atom. The molecule has 2 aromatic carbocycles. The summed E-state index contributed by atoms with van der Waals surface area (Å²) in [7, 11) is 0. The van der Waals surface area contributed by atoms with Gasteiger partial charge in [-0.1, -0.05) is 48.1 Å². The van der Waals surface area contributed by atoms with Crippen molar-refractivity contribution in [3.63, 3.8) is 0 Å². The Labute approximate surface area is 198 Å². The first-order valence-electron chi connectivity index (χ1n) is 11.9. The van der Waals surface area contributed by atoms with Crippen molar-refractivity contribution in [3.05, 3.63) is 82.6 Å². The summed E-state index contributed by atoms with van der Waals surface area (Å²) < 4.78 is 19.9. The second kappa shape index (κ2) is 13.5. The Kier molecular flexibility index (Phi) is 10.3. The molecule has 1 aliphatic rings. The van der Waals surface area contributed by atoms with E-state index >= 15 is 0 Å². The molecule has 0 atom stereocenters. The first-order valence-corrected chi connectivity index (χ1v) is 12.3. The van der Waals surface area contributed by atoms with Gasteiger partial charge >= 0.3 is 0 Å². The number of unbranched alkanes of at least 4 members (excludes halogenated alkanes) is 3. The normalized spacial score (nSPS) is 18.1. The van der Waals surface area contributed by atoms with Gasteiger partial charge < -0.3 is 4.74 Å². The molecule has 0 spiro atoms. The van der Waals surface area contributed by atoms with Gasteiger partial charge in [-0.05, 0) is 99.6 Å². The van der Waals surface area contributed by atoms with Gasteiger partial charge in [-0.3, -0.25) is 0 Å². The highest BCUT2D eigenvalue weighted by atomic mass is 35.5. The third-order valence-corrected chi connectivity index (χ3v) is 6.50. The van der Waals surface area contributed by atoms with Crippen LogP contribution in [-0.2, 0) is 11.2 Å². The largest absolute Gasteiger partial charge is 0.378 e. The Balaban J connectivity index is 1.35. The molecule has 0 unspecified atom stereocenters. The number of hydrogen-bond donors (Lipinski definition) is 0. The van der Waals surface area contributed by atoms with Crippen molar-refractivity contribution in [2.45, 2.75) is 70.3 Å². The quantitative estimate of drug-likeness (QED) is 0.201. The molecular formula is C29H34ClFO. The average molecular weight is 453 g/mol. The van der Waals surface area contributed by atoms with E-state index in [1.54, 1.807) is 12.1 Å². The molecule has 3 rings (SSSR count). The van der Waals surface area contributed by atoms with Crippen molar-refractivity contribution in [3.8, 4) is 11.8 Å².